The minimum Gasteiger partial charge on any atom is -0.307 e. The second-order valence-electron chi connectivity index (χ2n) is 18.7. The molecule has 13 aromatic rings. The van der Waals surface area contributed by atoms with Gasteiger partial charge >= 0.3 is 0 Å². The van der Waals surface area contributed by atoms with Gasteiger partial charge in [0.05, 0.1) is 22.1 Å². The molecule has 0 aliphatic heterocycles. The zero-order valence-electron chi connectivity index (χ0n) is 38.9. The molecule has 9 aromatic carbocycles. The summed E-state index contributed by atoms with van der Waals surface area (Å²) in [6.07, 6.45) is 0. The van der Waals surface area contributed by atoms with Crippen LogP contribution in [0.15, 0.2) is 218 Å². The molecule has 0 unspecified atom stereocenters. The van der Waals surface area contributed by atoms with Gasteiger partial charge in [0, 0.05) is 60.5 Å². The summed E-state index contributed by atoms with van der Waals surface area (Å²) in [6, 6.07) is 76.0. The van der Waals surface area contributed by atoms with Crippen LogP contribution in [-0.4, -0.2) is 39.0 Å². The summed E-state index contributed by atoms with van der Waals surface area (Å²) in [7, 11) is 0. The molecule has 0 atom stereocenters. The Bertz CT molecular complexity index is 4190. The maximum Gasteiger partial charge on any atom is 0.238 e. The minimum atomic E-state index is -0.287. The summed E-state index contributed by atoms with van der Waals surface area (Å²) in [5.41, 5.74) is 14.3. The van der Waals surface area contributed by atoms with Crippen LogP contribution in [0, 0.1) is 0 Å². The van der Waals surface area contributed by atoms with E-state index in [9.17, 15) is 0 Å². The Morgan fingerprint density at radius 3 is 1.39 bits per heavy atom. The van der Waals surface area contributed by atoms with E-state index in [0.717, 1.165) is 77.1 Å². The highest BCUT2D eigenvalue weighted by molar-refractivity contribution is 6.23. The van der Waals surface area contributed by atoms with Crippen LogP contribution in [0.25, 0.3) is 123 Å². The summed E-state index contributed by atoms with van der Waals surface area (Å²) in [5, 5.41) is 4.43. The summed E-state index contributed by atoms with van der Waals surface area (Å²) < 4.78 is 4.64. The summed E-state index contributed by atoms with van der Waals surface area (Å²) in [6.45, 7) is 4.62. The molecule has 0 N–H and O–H groups in total. The molecule has 71 heavy (non-hydrogen) atoms. The Kier molecular flexibility index (Phi) is 9.06. The second-order valence-corrected chi connectivity index (χ2v) is 18.7. The van der Waals surface area contributed by atoms with E-state index < -0.39 is 0 Å². The third-order valence-corrected chi connectivity index (χ3v) is 14.2. The van der Waals surface area contributed by atoms with Crippen molar-refractivity contribution in [3.05, 3.63) is 230 Å². The highest BCUT2D eigenvalue weighted by Crippen LogP contribution is 2.52. The van der Waals surface area contributed by atoms with Crippen molar-refractivity contribution in [3.63, 3.8) is 0 Å². The number of hydrogen-bond donors (Lipinski definition) is 0. The molecule has 1 aliphatic carbocycles. The molecule has 0 amide bonds. The monoisotopic (exact) mass is 910 g/mol. The molecule has 4 heterocycles. The van der Waals surface area contributed by atoms with Gasteiger partial charge in [0.15, 0.2) is 29.1 Å². The molecule has 4 aromatic heterocycles. The third-order valence-electron chi connectivity index (χ3n) is 14.2. The Morgan fingerprint density at radius 1 is 0.324 bits per heavy atom. The van der Waals surface area contributed by atoms with Crippen molar-refractivity contribution in [2.75, 3.05) is 0 Å². The van der Waals surface area contributed by atoms with Crippen molar-refractivity contribution in [2.45, 2.75) is 19.3 Å². The summed E-state index contributed by atoms with van der Waals surface area (Å²) in [4.78, 5) is 31.6. The first kappa shape index (κ1) is 40.6. The SMILES string of the molecule is CC1(C)c2ccccc2-c2cccc(-c3nc(-c4ccccc4)nc(-n4c5ccccc5c5ccc6c7ccccc7n(-c7cccc(-c8nc(-c9ccccc9)nc(-c9ccccc9)n8)c7)c6c54)n3)c21. The van der Waals surface area contributed by atoms with E-state index in [-0.39, 0.29) is 5.41 Å². The normalized spacial score (nSPS) is 12.8. The van der Waals surface area contributed by atoms with Crippen LogP contribution in [0.5, 0.6) is 0 Å². The van der Waals surface area contributed by atoms with E-state index in [2.05, 4.69) is 163 Å². The van der Waals surface area contributed by atoms with Gasteiger partial charge in [0.2, 0.25) is 5.95 Å². The first-order valence-electron chi connectivity index (χ1n) is 24.0. The fourth-order valence-electron chi connectivity index (χ4n) is 11.0. The number of hydrogen-bond acceptors (Lipinski definition) is 6. The van der Waals surface area contributed by atoms with Crippen LogP contribution >= 0.6 is 0 Å². The van der Waals surface area contributed by atoms with Gasteiger partial charge in [-0.25, -0.2) is 19.9 Å². The van der Waals surface area contributed by atoms with Gasteiger partial charge in [-0.15, -0.1) is 0 Å². The Hall–Kier alpha value is -9.40. The molecule has 0 saturated heterocycles. The van der Waals surface area contributed by atoms with Gasteiger partial charge in [-0.2, -0.15) is 9.97 Å². The zero-order chi connectivity index (χ0) is 47.2. The Morgan fingerprint density at radius 2 is 0.761 bits per heavy atom. The van der Waals surface area contributed by atoms with Crippen LogP contribution in [0.3, 0.4) is 0 Å². The molecule has 0 radical (unpaired) electrons. The quantitative estimate of drug-likeness (QED) is 0.158. The number of benzene rings is 9. The topological polar surface area (TPSA) is 87.2 Å². The molecule has 0 saturated carbocycles. The molecule has 0 bridgehead atoms. The molecular weight excluding hydrogens is 869 g/mol. The van der Waals surface area contributed by atoms with Gasteiger partial charge in [-0.1, -0.05) is 208 Å². The van der Waals surface area contributed by atoms with Gasteiger partial charge in [0.25, 0.3) is 0 Å². The zero-order valence-corrected chi connectivity index (χ0v) is 38.9. The lowest BCUT2D eigenvalue weighted by Gasteiger charge is -2.24. The average Bonchev–Trinajstić information content (AvgIpc) is 4.05. The molecule has 14 rings (SSSR count). The smallest absolute Gasteiger partial charge is 0.238 e. The second kappa shape index (κ2) is 15.8. The van der Waals surface area contributed by atoms with Gasteiger partial charge < -0.3 is 4.57 Å². The van der Waals surface area contributed by atoms with Gasteiger partial charge in [-0.05, 0) is 46.5 Å². The Labute approximate surface area is 409 Å². The molecule has 0 spiro atoms. The minimum absolute atomic E-state index is 0.287. The van der Waals surface area contributed by atoms with E-state index in [0.29, 0.717) is 35.1 Å². The maximum absolute atomic E-state index is 5.57. The van der Waals surface area contributed by atoms with Crippen molar-refractivity contribution >= 4 is 43.6 Å². The van der Waals surface area contributed by atoms with Crippen LogP contribution in [-0.2, 0) is 5.41 Å². The lowest BCUT2D eigenvalue weighted by molar-refractivity contribution is 0.661. The molecule has 1 aliphatic rings. The van der Waals surface area contributed by atoms with Crippen LogP contribution < -0.4 is 0 Å². The van der Waals surface area contributed by atoms with Crippen molar-refractivity contribution in [1.82, 2.24) is 39.0 Å². The summed E-state index contributed by atoms with van der Waals surface area (Å²) in [5.74, 6) is 3.58. The number of nitrogens with zero attached hydrogens (tertiary/aromatic N) is 8. The lowest BCUT2D eigenvalue weighted by atomic mass is 9.80. The number of para-hydroxylation sites is 2. The standard InChI is InChI=1S/C63H42N8/c1-63(2)51-33-15-12-28-44(51)47-31-19-32-50(54(47)63)61-67-59(41-24-10-5-11-25-41)68-62(69-61)71-53-35-17-14-30-46(53)49-37-36-48-45-29-13-16-34-52(45)70(55(48)56(49)71)43-27-18-26-42(38-43)60-65-57(39-20-6-3-7-21-39)64-58(66-60)40-22-8-4-9-23-40/h3-38H,1-2H3. The predicted octanol–water partition coefficient (Wildman–Crippen LogP) is 14.9. The maximum atomic E-state index is 5.57. The van der Waals surface area contributed by atoms with E-state index in [1.54, 1.807) is 0 Å². The molecule has 334 valence electrons. The predicted molar refractivity (Wildman–Crippen MR) is 287 cm³/mol. The molecule has 8 heteroatoms. The van der Waals surface area contributed by atoms with Gasteiger partial charge in [-0.3, -0.25) is 4.57 Å². The molecular formula is C63H42N8. The highest BCUT2D eigenvalue weighted by Gasteiger charge is 2.38. The fraction of sp³-hybridized carbons (Fsp3) is 0.0476. The molecule has 0 fully saturated rings. The lowest BCUT2D eigenvalue weighted by Crippen LogP contribution is -2.17. The van der Waals surface area contributed by atoms with Crippen molar-refractivity contribution < 1.29 is 0 Å². The third kappa shape index (κ3) is 6.38. The van der Waals surface area contributed by atoms with Crippen LogP contribution in [0.1, 0.15) is 25.0 Å². The highest BCUT2D eigenvalue weighted by atomic mass is 15.2. The largest absolute Gasteiger partial charge is 0.307 e. The van der Waals surface area contributed by atoms with E-state index in [1.165, 1.54) is 22.3 Å². The number of rotatable bonds is 7. The molecule has 8 nitrogen and oxygen atoms in total. The van der Waals surface area contributed by atoms with E-state index in [1.807, 2.05) is 78.9 Å². The van der Waals surface area contributed by atoms with E-state index in [4.69, 9.17) is 29.9 Å². The van der Waals surface area contributed by atoms with Crippen LogP contribution in [0.4, 0.5) is 0 Å². The van der Waals surface area contributed by atoms with Crippen molar-refractivity contribution in [1.29, 1.82) is 0 Å². The summed E-state index contributed by atoms with van der Waals surface area (Å²) >= 11 is 0. The average molecular weight is 911 g/mol. The number of fused-ring (bicyclic) bond motifs is 10. The number of aromatic nitrogens is 8. The van der Waals surface area contributed by atoms with Crippen LogP contribution in [0.2, 0.25) is 0 Å². The Balaban J connectivity index is 1.04. The van der Waals surface area contributed by atoms with Crippen molar-refractivity contribution in [3.8, 4) is 79.7 Å². The van der Waals surface area contributed by atoms with Crippen molar-refractivity contribution in [2.24, 2.45) is 0 Å². The van der Waals surface area contributed by atoms with Gasteiger partial charge in [0.1, 0.15) is 0 Å². The first-order valence-corrected chi connectivity index (χ1v) is 24.0. The fourth-order valence-corrected chi connectivity index (χ4v) is 11.0. The van der Waals surface area contributed by atoms with E-state index >= 15 is 0 Å². The first-order chi connectivity index (χ1) is 35.0.